The number of phenolic OH excluding ortho intramolecular Hbond substituents is 1. The molecular formula is C28H27BrN2O7. The van der Waals surface area contributed by atoms with E-state index >= 15 is 0 Å². The fourth-order valence-electron chi connectivity index (χ4n) is 5.96. The minimum absolute atomic E-state index is 0.183. The Kier molecular flexibility index (Phi) is 7.21. The standard InChI is InChI=1S/C28H27BrN2O7/c1-15(9-16-10-18(29)6-7-23(16)33)5-8-24-25-17(13-32)11-21-26(22(25)14-38-24)28(35)30(27(21)34)19-3-2-4-20(12-19)31(36)37/h2-4,6-7,9-10,12,21-22,24,26,32-33H,5,8,11,13-14H2,1H3/b15-9+/t21-,22+,24-,26-/m1/s1. The number of fused-ring (bicyclic) bond motifs is 3. The number of hydrogen-bond donors (Lipinski definition) is 2. The molecule has 2 aromatic rings. The number of non-ortho nitro benzene ring substituents is 1. The van der Waals surface area contributed by atoms with Crippen LogP contribution < -0.4 is 4.90 Å². The summed E-state index contributed by atoms with van der Waals surface area (Å²) in [4.78, 5) is 38.7. The molecule has 2 N–H and O–H groups in total. The Labute approximate surface area is 227 Å². The van der Waals surface area contributed by atoms with Crippen LogP contribution in [0.1, 0.15) is 31.7 Å². The predicted molar refractivity (Wildman–Crippen MR) is 143 cm³/mol. The van der Waals surface area contributed by atoms with Gasteiger partial charge in [0.05, 0.1) is 41.8 Å². The van der Waals surface area contributed by atoms with E-state index in [1.54, 1.807) is 12.1 Å². The molecule has 0 radical (unpaired) electrons. The highest BCUT2D eigenvalue weighted by Gasteiger charge is 2.57. The van der Waals surface area contributed by atoms with E-state index in [1.165, 1.54) is 24.3 Å². The van der Waals surface area contributed by atoms with E-state index in [0.717, 1.165) is 26.1 Å². The molecule has 0 aromatic heterocycles. The van der Waals surface area contributed by atoms with Crippen LogP contribution in [0.5, 0.6) is 5.75 Å². The molecule has 0 unspecified atom stereocenters. The Bertz CT molecular complexity index is 1390. The number of ether oxygens (including phenoxy) is 1. The van der Waals surface area contributed by atoms with Gasteiger partial charge in [-0.15, -0.1) is 0 Å². The third-order valence-electron chi connectivity index (χ3n) is 7.69. The largest absolute Gasteiger partial charge is 0.507 e. The van der Waals surface area contributed by atoms with Gasteiger partial charge in [-0.2, -0.15) is 0 Å². The van der Waals surface area contributed by atoms with Crippen LogP contribution in [0.4, 0.5) is 11.4 Å². The van der Waals surface area contributed by atoms with Crippen molar-refractivity contribution in [2.24, 2.45) is 17.8 Å². The number of imide groups is 1. The number of allylic oxidation sites excluding steroid dienone is 1. The van der Waals surface area contributed by atoms with E-state index in [1.807, 2.05) is 19.1 Å². The van der Waals surface area contributed by atoms with Gasteiger partial charge in [0.15, 0.2) is 0 Å². The Morgan fingerprint density at radius 3 is 2.74 bits per heavy atom. The van der Waals surface area contributed by atoms with Crippen molar-refractivity contribution in [3.8, 4) is 5.75 Å². The smallest absolute Gasteiger partial charge is 0.271 e. The highest BCUT2D eigenvalue weighted by molar-refractivity contribution is 9.10. The van der Waals surface area contributed by atoms with Crippen LogP contribution in [0.3, 0.4) is 0 Å². The van der Waals surface area contributed by atoms with Crippen LogP contribution in [-0.2, 0) is 14.3 Å². The number of amides is 2. The normalized spacial score (nSPS) is 25.1. The number of aromatic hydroxyl groups is 1. The number of benzene rings is 2. The highest BCUT2D eigenvalue weighted by Crippen LogP contribution is 2.50. The van der Waals surface area contributed by atoms with E-state index in [0.29, 0.717) is 18.4 Å². The number of phenols is 1. The number of nitro benzene ring substituents is 1. The minimum Gasteiger partial charge on any atom is -0.507 e. The molecule has 0 saturated carbocycles. The van der Waals surface area contributed by atoms with Crippen molar-refractivity contribution in [1.82, 2.24) is 0 Å². The van der Waals surface area contributed by atoms with Crippen molar-refractivity contribution in [3.63, 3.8) is 0 Å². The van der Waals surface area contributed by atoms with Crippen molar-refractivity contribution in [3.05, 3.63) is 79.3 Å². The summed E-state index contributed by atoms with van der Waals surface area (Å²) in [6.45, 7) is 2.01. The maximum absolute atomic E-state index is 13.6. The van der Waals surface area contributed by atoms with Crippen LogP contribution >= 0.6 is 15.9 Å². The minimum atomic E-state index is -0.638. The summed E-state index contributed by atoms with van der Waals surface area (Å²) in [5.41, 5.74) is 3.35. The van der Waals surface area contributed by atoms with Gasteiger partial charge in [0.25, 0.3) is 5.69 Å². The molecule has 2 aliphatic heterocycles. The number of carbonyl (C=O) groups is 2. The molecule has 2 saturated heterocycles. The van der Waals surface area contributed by atoms with Crippen LogP contribution in [0.25, 0.3) is 6.08 Å². The topological polar surface area (TPSA) is 130 Å². The van der Waals surface area contributed by atoms with Gasteiger partial charge in [-0.3, -0.25) is 19.7 Å². The average Bonchev–Trinajstić information content (AvgIpc) is 3.43. The summed E-state index contributed by atoms with van der Waals surface area (Å²) < 4.78 is 7.00. The lowest BCUT2D eigenvalue weighted by Crippen LogP contribution is -2.35. The molecule has 2 amide bonds. The van der Waals surface area contributed by atoms with E-state index in [9.17, 15) is 29.9 Å². The van der Waals surface area contributed by atoms with Gasteiger partial charge in [-0.05, 0) is 61.6 Å². The number of halogens is 1. The maximum Gasteiger partial charge on any atom is 0.271 e. The molecule has 198 valence electrons. The van der Waals surface area contributed by atoms with Crippen LogP contribution in [0.2, 0.25) is 0 Å². The molecular weight excluding hydrogens is 556 g/mol. The number of rotatable bonds is 7. The van der Waals surface area contributed by atoms with Gasteiger partial charge in [0, 0.05) is 28.1 Å². The van der Waals surface area contributed by atoms with Gasteiger partial charge in [0.2, 0.25) is 11.8 Å². The average molecular weight is 583 g/mol. The summed E-state index contributed by atoms with van der Waals surface area (Å²) in [6.07, 6.45) is 3.18. The van der Waals surface area contributed by atoms with Gasteiger partial charge in [-0.1, -0.05) is 33.6 Å². The predicted octanol–water partition coefficient (Wildman–Crippen LogP) is 4.76. The third kappa shape index (κ3) is 4.68. The summed E-state index contributed by atoms with van der Waals surface area (Å²) in [5, 5.41) is 31.6. The fourth-order valence-corrected chi connectivity index (χ4v) is 6.34. The second kappa shape index (κ2) is 10.4. The van der Waals surface area contributed by atoms with E-state index < -0.39 is 22.7 Å². The Balaban J connectivity index is 1.37. The molecule has 10 heteroatoms. The number of hydrogen-bond acceptors (Lipinski definition) is 7. The number of aliphatic hydroxyl groups excluding tert-OH is 1. The van der Waals surface area contributed by atoms with E-state index in [-0.39, 0.29) is 54.7 Å². The van der Waals surface area contributed by atoms with Crippen LogP contribution in [0.15, 0.2) is 63.7 Å². The number of aliphatic hydroxyl groups is 1. The van der Waals surface area contributed by atoms with E-state index in [4.69, 9.17) is 4.74 Å². The first-order chi connectivity index (χ1) is 18.2. The molecule has 4 atom stereocenters. The zero-order valence-corrected chi connectivity index (χ0v) is 22.3. The molecule has 2 heterocycles. The number of nitro groups is 1. The Hall–Kier alpha value is -3.34. The lowest BCUT2D eigenvalue weighted by atomic mass is 9.69. The first-order valence-electron chi connectivity index (χ1n) is 12.4. The molecule has 2 fully saturated rings. The summed E-state index contributed by atoms with van der Waals surface area (Å²) >= 11 is 3.42. The van der Waals surface area contributed by atoms with Crippen molar-refractivity contribution >= 4 is 45.2 Å². The lowest BCUT2D eigenvalue weighted by Gasteiger charge is -2.31. The van der Waals surface area contributed by atoms with Crippen molar-refractivity contribution < 1.29 is 29.5 Å². The fraction of sp³-hybridized carbons (Fsp3) is 0.357. The number of nitrogens with zero attached hydrogens (tertiary/aromatic N) is 2. The summed E-state index contributed by atoms with van der Waals surface area (Å²) in [6, 6.07) is 10.8. The van der Waals surface area contributed by atoms with Crippen molar-refractivity contribution in [1.29, 1.82) is 0 Å². The first-order valence-corrected chi connectivity index (χ1v) is 13.2. The van der Waals surface area contributed by atoms with Crippen molar-refractivity contribution in [2.75, 3.05) is 18.1 Å². The van der Waals surface area contributed by atoms with Gasteiger partial charge in [0.1, 0.15) is 5.75 Å². The van der Waals surface area contributed by atoms with Gasteiger partial charge < -0.3 is 14.9 Å². The highest BCUT2D eigenvalue weighted by atomic mass is 79.9. The SMILES string of the molecule is C/C(=C\c1cc(Br)ccc1O)CC[C@H]1OC[C@H]2C1=C(CO)C[C@H]1C(=O)N(c3cccc([N+](=O)[O-])c3)C(=O)[C@H]12. The third-order valence-corrected chi connectivity index (χ3v) is 8.18. The maximum atomic E-state index is 13.6. The summed E-state index contributed by atoms with van der Waals surface area (Å²) in [5.74, 6) is -2.20. The monoisotopic (exact) mass is 582 g/mol. The second-order valence-corrected chi connectivity index (χ2v) is 10.9. The zero-order chi connectivity index (χ0) is 27.1. The molecule has 2 aromatic carbocycles. The quantitative estimate of drug-likeness (QED) is 0.208. The van der Waals surface area contributed by atoms with Gasteiger partial charge >= 0.3 is 0 Å². The van der Waals surface area contributed by atoms with Crippen LogP contribution in [-0.4, -0.2) is 46.3 Å². The van der Waals surface area contributed by atoms with Crippen molar-refractivity contribution in [2.45, 2.75) is 32.3 Å². The number of carbonyl (C=O) groups excluding carboxylic acids is 2. The second-order valence-electron chi connectivity index (χ2n) is 10.0. The molecule has 5 rings (SSSR count). The lowest BCUT2D eigenvalue weighted by molar-refractivity contribution is -0.384. The molecule has 38 heavy (non-hydrogen) atoms. The van der Waals surface area contributed by atoms with Gasteiger partial charge in [-0.25, -0.2) is 4.90 Å². The molecule has 1 aliphatic carbocycles. The van der Waals surface area contributed by atoms with E-state index in [2.05, 4.69) is 15.9 Å². The Morgan fingerprint density at radius 2 is 2.00 bits per heavy atom. The Morgan fingerprint density at radius 1 is 1.21 bits per heavy atom. The molecule has 0 spiro atoms. The molecule has 0 bridgehead atoms. The molecule has 9 nitrogen and oxygen atoms in total. The molecule has 3 aliphatic rings. The zero-order valence-electron chi connectivity index (χ0n) is 20.7. The number of anilines is 1. The summed E-state index contributed by atoms with van der Waals surface area (Å²) in [7, 11) is 0. The van der Waals surface area contributed by atoms with Crippen LogP contribution in [0, 0.1) is 27.9 Å². The first kappa shape index (κ1) is 26.3.